The average molecular weight is 485 g/mol. The molecule has 1 aliphatic carbocycles. The summed E-state index contributed by atoms with van der Waals surface area (Å²) in [6.07, 6.45) is 9.89. The van der Waals surface area contributed by atoms with Gasteiger partial charge in [0.1, 0.15) is 17.4 Å². The third kappa shape index (κ3) is 5.57. The van der Waals surface area contributed by atoms with E-state index < -0.39 is 11.6 Å². The van der Waals surface area contributed by atoms with Crippen molar-refractivity contribution < 1.29 is 18.3 Å². The minimum Gasteiger partial charge on any atom is -0.493 e. The highest BCUT2D eigenvalue weighted by Crippen LogP contribution is 2.49. The van der Waals surface area contributed by atoms with Crippen LogP contribution in [0.25, 0.3) is 0 Å². The number of likely N-dealkylation sites (tertiary alicyclic amines) is 1. The topological polar surface area (TPSA) is 58.6 Å². The van der Waals surface area contributed by atoms with E-state index in [2.05, 4.69) is 21.8 Å². The fourth-order valence-electron chi connectivity index (χ4n) is 5.39. The van der Waals surface area contributed by atoms with Crippen LogP contribution < -0.4 is 9.64 Å². The molecule has 3 heterocycles. The quantitative estimate of drug-likeness (QED) is 0.528. The first kappa shape index (κ1) is 23.9. The lowest BCUT2D eigenvalue weighted by molar-refractivity contribution is -0.133. The van der Waals surface area contributed by atoms with Crippen LogP contribution in [0.4, 0.5) is 14.7 Å². The van der Waals surface area contributed by atoms with Gasteiger partial charge in [0, 0.05) is 56.3 Å². The second kappa shape index (κ2) is 10.5. The van der Waals surface area contributed by atoms with Gasteiger partial charge in [0.2, 0.25) is 11.9 Å². The Morgan fingerprint density at radius 2 is 1.77 bits per heavy atom. The van der Waals surface area contributed by atoms with Crippen LogP contribution in [0.3, 0.4) is 0 Å². The number of hydrogen-bond donors (Lipinski definition) is 0. The summed E-state index contributed by atoms with van der Waals surface area (Å²) < 4.78 is 34.6. The van der Waals surface area contributed by atoms with Gasteiger partial charge in [-0.3, -0.25) is 4.79 Å². The highest BCUT2D eigenvalue weighted by atomic mass is 19.1. The zero-order valence-corrected chi connectivity index (χ0v) is 20.4. The van der Waals surface area contributed by atoms with Gasteiger partial charge < -0.3 is 14.5 Å². The molecule has 8 heteroatoms. The molecule has 2 aliphatic heterocycles. The zero-order chi connectivity index (χ0) is 24.4. The van der Waals surface area contributed by atoms with Crippen molar-refractivity contribution in [2.75, 3.05) is 37.7 Å². The lowest BCUT2D eigenvalue weighted by atomic mass is 9.90. The van der Waals surface area contributed by atoms with Crippen molar-refractivity contribution in [3.63, 3.8) is 0 Å². The van der Waals surface area contributed by atoms with E-state index in [9.17, 15) is 13.6 Å². The van der Waals surface area contributed by atoms with Crippen molar-refractivity contribution in [3.05, 3.63) is 47.3 Å². The van der Waals surface area contributed by atoms with Gasteiger partial charge in [0.05, 0.1) is 13.0 Å². The summed E-state index contributed by atoms with van der Waals surface area (Å²) in [5.41, 5.74) is 0.986. The van der Waals surface area contributed by atoms with Crippen molar-refractivity contribution in [2.45, 2.75) is 51.9 Å². The number of piperidine rings is 1. The van der Waals surface area contributed by atoms with E-state index in [-0.39, 0.29) is 23.6 Å². The fraction of sp³-hybridized carbons (Fsp3) is 0.593. The molecule has 2 saturated heterocycles. The van der Waals surface area contributed by atoms with Gasteiger partial charge in [0.25, 0.3) is 0 Å². The van der Waals surface area contributed by atoms with Gasteiger partial charge >= 0.3 is 0 Å². The summed E-state index contributed by atoms with van der Waals surface area (Å²) in [4.78, 5) is 25.0. The van der Waals surface area contributed by atoms with Crippen molar-refractivity contribution in [2.24, 2.45) is 17.8 Å². The third-order valence-electron chi connectivity index (χ3n) is 7.91. The molecule has 5 rings (SSSR count). The molecular formula is C27H34F2N4O2. The lowest BCUT2D eigenvalue weighted by Crippen LogP contribution is -2.43. The van der Waals surface area contributed by atoms with Crippen molar-refractivity contribution in [3.8, 4) is 5.75 Å². The van der Waals surface area contributed by atoms with Crippen LogP contribution >= 0.6 is 0 Å². The van der Waals surface area contributed by atoms with Crippen LogP contribution in [0.1, 0.15) is 50.2 Å². The number of carbonyl (C=O) groups is 1. The van der Waals surface area contributed by atoms with Crippen LogP contribution in [0.2, 0.25) is 0 Å². The normalized spacial score (nSPS) is 22.1. The molecule has 1 amide bonds. The van der Waals surface area contributed by atoms with Crippen LogP contribution in [-0.2, 0) is 17.6 Å². The minimum atomic E-state index is -0.710. The summed E-state index contributed by atoms with van der Waals surface area (Å²) in [6, 6.07) is 2.41. The molecule has 1 saturated carbocycles. The van der Waals surface area contributed by atoms with Crippen LogP contribution in [0.5, 0.6) is 5.75 Å². The summed E-state index contributed by atoms with van der Waals surface area (Å²) in [7, 11) is 0. The van der Waals surface area contributed by atoms with Gasteiger partial charge in [-0.05, 0) is 61.8 Å². The molecule has 0 bridgehead atoms. The first-order valence-electron chi connectivity index (χ1n) is 13.0. The monoisotopic (exact) mass is 484 g/mol. The molecule has 6 nitrogen and oxygen atoms in total. The Labute approximate surface area is 205 Å². The summed E-state index contributed by atoms with van der Waals surface area (Å²) in [5.74, 6) is 1.43. The minimum absolute atomic E-state index is 0.172. The van der Waals surface area contributed by atoms with Crippen LogP contribution in [0.15, 0.2) is 24.5 Å². The first-order chi connectivity index (χ1) is 17.0. The maximum Gasteiger partial charge on any atom is 0.227 e. The van der Waals surface area contributed by atoms with E-state index in [1.54, 1.807) is 4.90 Å². The molecule has 3 aliphatic rings. The summed E-state index contributed by atoms with van der Waals surface area (Å²) >= 11 is 0. The number of anilines is 1. The highest BCUT2D eigenvalue weighted by Gasteiger charge is 2.43. The van der Waals surface area contributed by atoms with E-state index in [4.69, 9.17) is 4.74 Å². The zero-order valence-electron chi connectivity index (χ0n) is 20.4. The van der Waals surface area contributed by atoms with Gasteiger partial charge in [-0.25, -0.2) is 18.7 Å². The second-order valence-corrected chi connectivity index (χ2v) is 10.1. The van der Waals surface area contributed by atoms with Gasteiger partial charge in [-0.1, -0.05) is 6.92 Å². The van der Waals surface area contributed by atoms with Crippen molar-refractivity contribution in [1.29, 1.82) is 0 Å². The van der Waals surface area contributed by atoms with E-state index in [1.165, 1.54) is 18.6 Å². The number of hydrogen-bond acceptors (Lipinski definition) is 5. The number of benzene rings is 1. The maximum absolute atomic E-state index is 14.4. The Hall–Kier alpha value is -2.77. The van der Waals surface area contributed by atoms with Crippen molar-refractivity contribution >= 4 is 11.9 Å². The average Bonchev–Trinajstić information content (AvgIpc) is 3.60. The molecule has 0 N–H and O–H groups in total. The number of amides is 1. The number of ether oxygens (including phenoxy) is 1. The van der Waals surface area contributed by atoms with Crippen molar-refractivity contribution in [1.82, 2.24) is 14.9 Å². The van der Waals surface area contributed by atoms with Gasteiger partial charge in [-0.15, -0.1) is 0 Å². The molecule has 35 heavy (non-hydrogen) atoms. The van der Waals surface area contributed by atoms with E-state index in [0.717, 1.165) is 56.7 Å². The maximum atomic E-state index is 14.4. The molecule has 0 radical (unpaired) electrons. The molecule has 2 aromatic rings. The Bertz CT molecular complexity index is 1010. The number of carbonyl (C=O) groups excluding carboxylic acids is 1. The number of halogens is 2. The summed E-state index contributed by atoms with van der Waals surface area (Å²) in [5, 5.41) is 0. The Kier molecular flexibility index (Phi) is 7.16. The number of rotatable bonds is 9. The largest absolute Gasteiger partial charge is 0.493 e. The standard InChI is InChI=1S/C27H34F2N4O2/c1-2-18-16-30-27(31-17-18)33-9-4-19(5-10-33)22-12-20(22)6-11-35-21-13-24(28)23(25(29)14-21)15-26(34)32-7-3-8-32/h13-14,16-17,19-20,22H,2-12,15H2,1H3/t20-,22-/m1/s1. The number of aryl methyl sites for hydroxylation is 1. The van der Waals surface area contributed by atoms with E-state index in [0.29, 0.717) is 37.5 Å². The second-order valence-electron chi connectivity index (χ2n) is 10.1. The van der Waals surface area contributed by atoms with E-state index >= 15 is 0 Å². The molecular weight excluding hydrogens is 450 g/mol. The SMILES string of the molecule is CCc1cnc(N2CCC([C@H]3C[C@H]3CCOc3cc(F)c(CC(=O)N4CCC4)c(F)c3)CC2)nc1. The molecule has 2 atom stereocenters. The molecule has 0 unspecified atom stereocenters. The number of nitrogens with zero attached hydrogens (tertiary/aromatic N) is 4. The third-order valence-corrected chi connectivity index (χ3v) is 7.91. The number of aromatic nitrogens is 2. The predicted octanol–water partition coefficient (Wildman–Crippen LogP) is 4.41. The fourth-order valence-corrected chi connectivity index (χ4v) is 5.39. The molecule has 3 fully saturated rings. The van der Waals surface area contributed by atoms with Crippen LogP contribution in [-0.4, -0.2) is 53.6 Å². The summed E-state index contributed by atoms with van der Waals surface area (Å²) in [6.45, 7) is 5.87. The lowest BCUT2D eigenvalue weighted by Gasteiger charge is -2.32. The Morgan fingerprint density at radius 3 is 2.37 bits per heavy atom. The predicted molar refractivity (Wildman–Crippen MR) is 129 cm³/mol. The van der Waals surface area contributed by atoms with Crippen LogP contribution in [0, 0.1) is 29.4 Å². The smallest absolute Gasteiger partial charge is 0.227 e. The Balaban J connectivity index is 1.04. The molecule has 1 aromatic heterocycles. The van der Waals surface area contributed by atoms with E-state index in [1.807, 2.05) is 12.4 Å². The molecule has 0 spiro atoms. The van der Waals surface area contributed by atoms with Gasteiger partial charge in [-0.2, -0.15) is 0 Å². The van der Waals surface area contributed by atoms with Gasteiger partial charge in [0.15, 0.2) is 0 Å². The Morgan fingerprint density at radius 1 is 1.09 bits per heavy atom. The highest BCUT2D eigenvalue weighted by molar-refractivity contribution is 5.79. The first-order valence-corrected chi connectivity index (χ1v) is 13.0. The molecule has 1 aromatic carbocycles. The molecule has 188 valence electrons.